The van der Waals surface area contributed by atoms with Crippen LogP contribution in [0.3, 0.4) is 0 Å². The molecule has 0 saturated heterocycles. The van der Waals surface area contributed by atoms with Gasteiger partial charge in [0.1, 0.15) is 0 Å². The van der Waals surface area contributed by atoms with Crippen molar-refractivity contribution in [2.75, 3.05) is 26.1 Å². The number of nitrogens with zero attached hydrogens (tertiary/aromatic N) is 3. The molecule has 0 N–H and O–H groups in total. The molecule has 8 heteroatoms. The number of carbonyl (C=O) groups excluding carboxylic acids is 1. The third-order valence-electron chi connectivity index (χ3n) is 3.96. The van der Waals surface area contributed by atoms with E-state index in [4.69, 9.17) is 9.47 Å². The molecule has 0 radical (unpaired) electrons. The lowest BCUT2D eigenvalue weighted by Gasteiger charge is -2.11. The average molecular weight is 367 g/mol. The Bertz CT molecular complexity index is 962. The van der Waals surface area contributed by atoms with Crippen molar-refractivity contribution in [2.24, 2.45) is 4.99 Å². The first-order chi connectivity index (χ1) is 12.9. The lowest BCUT2D eigenvalue weighted by Crippen LogP contribution is -2.08. The van der Waals surface area contributed by atoms with E-state index < -0.39 is 10.9 Å². The standard InChI is InChI=1S/C19H17N3O5/c1-21(2)14-7-4-12(5-8-14)10-15-19(23)27-18(20-15)13-6-9-17(26-3)16(11-13)22(24)25/h4-11H,1-3H3/b15-10-. The van der Waals surface area contributed by atoms with E-state index >= 15 is 0 Å². The summed E-state index contributed by atoms with van der Waals surface area (Å²) in [5.74, 6) is -0.479. The van der Waals surface area contributed by atoms with E-state index in [1.165, 1.54) is 19.2 Å². The number of aliphatic imine (C=N–C) groups is 1. The smallest absolute Gasteiger partial charge is 0.363 e. The molecular formula is C19H17N3O5. The van der Waals surface area contributed by atoms with Gasteiger partial charge in [-0.05, 0) is 35.9 Å². The molecule has 3 rings (SSSR count). The predicted octanol–water partition coefficient (Wildman–Crippen LogP) is 3.01. The highest BCUT2D eigenvalue weighted by Gasteiger charge is 2.26. The van der Waals surface area contributed by atoms with Crippen molar-refractivity contribution in [3.8, 4) is 5.75 Å². The SMILES string of the molecule is COc1ccc(C2=N/C(=C\c3ccc(N(C)C)cc3)C(=O)O2)cc1[N+](=O)[O-]. The third kappa shape index (κ3) is 3.79. The fourth-order valence-electron chi connectivity index (χ4n) is 2.52. The molecule has 2 aromatic rings. The van der Waals surface area contributed by atoms with Crippen molar-refractivity contribution in [3.05, 3.63) is 69.4 Å². The number of hydrogen-bond acceptors (Lipinski definition) is 7. The van der Waals surface area contributed by atoms with Crippen molar-refractivity contribution in [1.82, 2.24) is 0 Å². The average Bonchev–Trinajstić information content (AvgIpc) is 3.02. The number of anilines is 1. The van der Waals surface area contributed by atoms with Crippen molar-refractivity contribution in [2.45, 2.75) is 0 Å². The van der Waals surface area contributed by atoms with Crippen LogP contribution in [0.25, 0.3) is 6.08 Å². The van der Waals surface area contributed by atoms with Gasteiger partial charge in [-0.15, -0.1) is 0 Å². The number of esters is 1. The summed E-state index contributed by atoms with van der Waals surface area (Å²) in [5, 5.41) is 11.2. The lowest BCUT2D eigenvalue weighted by atomic mass is 10.1. The number of hydrogen-bond donors (Lipinski definition) is 0. The van der Waals surface area contributed by atoms with Crippen LogP contribution in [0, 0.1) is 10.1 Å². The fraction of sp³-hybridized carbons (Fsp3) is 0.158. The fourth-order valence-corrected chi connectivity index (χ4v) is 2.52. The Labute approximate surface area is 155 Å². The summed E-state index contributed by atoms with van der Waals surface area (Å²) in [6, 6.07) is 11.8. The zero-order chi connectivity index (χ0) is 19.6. The van der Waals surface area contributed by atoms with Crippen LogP contribution < -0.4 is 9.64 Å². The number of nitro benzene ring substituents is 1. The summed E-state index contributed by atoms with van der Waals surface area (Å²) in [7, 11) is 5.22. The molecule has 0 aliphatic carbocycles. The maximum absolute atomic E-state index is 12.1. The number of methoxy groups -OCH3 is 1. The number of cyclic esters (lactones) is 1. The minimum absolute atomic E-state index is 0.0157. The predicted molar refractivity (Wildman–Crippen MR) is 101 cm³/mol. The minimum Gasteiger partial charge on any atom is -0.490 e. The van der Waals surface area contributed by atoms with E-state index in [0.717, 1.165) is 11.3 Å². The monoisotopic (exact) mass is 367 g/mol. The van der Waals surface area contributed by atoms with Gasteiger partial charge in [0, 0.05) is 31.4 Å². The summed E-state index contributed by atoms with van der Waals surface area (Å²) in [5.41, 5.74) is 2.04. The van der Waals surface area contributed by atoms with E-state index in [0.29, 0.717) is 5.56 Å². The summed E-state index contributed by atoms with van der Waals surface area (Å²) in [6.45, 7) is 0. The van der Waals surface area contributed by atoms with Crippen LogP contribution in [0.2, 0.25) is 0 Å². The highest BCUT2D eigenvalue weighted by molar-refractivity contribution is 6.13. The summed E-state index contributed by atoms with van der Waals surface area (Å²) in [6.07, 6.45) is 1.60. The Morgan fingerprint density at radius 3 is 2.48 bits per heavy atom. The van der Waals surface area contributed by atoms with Gasteiger partial charge in [0.15, 0.2) is 11.4 Å². The molecule has 0 bridgehead atoms. The molecule has 1 aliphatic heterocycles. The van der Waals surface area contributed by atoms with Gasteiger partial charge in [0.05, 0.1) is 12.0 Å². The van der Waals surface area contributed by atoms with Gasteiger partial charge in [0.25, 0.3) is 0 Å². The first kappa shape index (κ1) is 18.1. The zero-order valence-electron chi connectivity index (χ0n) is 15.0. The second-order valence-corrected chi connectivity index (χ2v) is 5.97. The van der Waals surface area contributed by atoms with E-state index in [1.54, 1.807) is 12.1 Å². The molecule has 0 fully saturated rings. The molecule has 0 amide bonds. The van der Waals surface area contributed by atoms with Gasteiger partial charge in [0.2, 0.25) is 5.90 Å². The molecule has 138 valence electrons. The van der Waals surface area contributed by atoms with Gasteiger partial charge < -0.3 is 14.4 Å². The molecule has 0 unspecified atom stereocenters. The highest BCUT2D eigenvalue weighted by atomic mass is 16.6. The van der Waals surface area contributed by atoms with Crippen molar-refractivity contribution < 1.29 is 19.2 Å². The summed E-state index contributed by atoms with van der Waals surface area (Å²) < 4.78 is 10.1. The van der Waals surface area contributed by atoms with E-state index in [9.17, 15) is 14.9 Å². The quantitative estimate of drug-likeness (QED) is 0.349. The van der Waals surface area contributed by atoms with E-state index in [1.807, 2.05) is 43.3 Å². The third-order valence-corrected chi connectivity index (χ3v) is 3.96. The van der Waals surface area contributed by atoms with Gasteiger partial charge in [-0.3, -0.25) is 10.1 Å². The highest BCUT2D eigenvalue weighted by Crippen LogP contribution is 2.29. The van der Waals surface area contributed by atoms with Crippen molar-refractivity contribution in [3.63, 3.8) is 0 Å². The molecule has 0 aromatic heterocycles. The van der Waals surface area contributed by atoms with Gasteiger partial charge in [-0.1, -0.05) is 12.1 Å². The van der Waals surface area contributed by atoms with Crippen LogP contribution in [0.5, 0.6) is 5.75 Å². The van der Waals surface area contributed by atoms with Crippen molar-refractivity contribution in [1.29, 1.82) is 0 Å². The van der Waals surface area contributed by atoms with Crippen LogP contribution in [0.1, 0.15) is 11.1 Å². The molecule has 8 nitrogen and oxygen atoms in total. The summed E-state index contributed by atoms with van der Waals surface area (Å²) in [4.78, 5) is 28.8. The second kappa shape index (κ2) is 7.28. The Morgan fingerprint density at radius 1 is 1.19 bits per heavy atom. The Hall–Kier alpha value is -3.68. The zero-order valence-corrected chi connectivity index (χ0v) is 15.0. The molecule has 2 aromatic carbocycles. The maximum atomic E-state index is 12.1. The Balaban J connectivity index is 1.92. The number of benzene rings is 2. The molecule has 0 spiro atoms. The first-order valence-corrected chi connectivity index (χ1v) is 8.02. The number of carbonyl (C=O) groups is 1. The van der Waals surface area contributed by atoms with Crippen molar-refractivity contribution >= 4 is 29.3 Å². The number of ether oxygens (including phenoxy) is 2. The molecule has 27 heavy (non-hydrogen) atoms. The number of nitro groups is 1. The van der Waals surface area contributed by atoms with E-state index in [2.05, 4.69) is 4.99 Å². The normalized spacial score (nSPS) is 14.7. The minimum atomic E-state index is -0.611. The van der Waals surface area contributed by atoms with Crippen LogP contribution >= 0.6 is 0 Å². The molecule has 1 heterocycles. The summed E-state index contributed by atoms with van der Waals surface area (Å²) >= 11 is 0. The van der Waals surface area contributed by atoms with Gasteiger partial charge >= 0.3 is 11.7 Å². The molecular weight excluding hydrogens is 350 g/mol. The maximum Gasteiger partial charge on any atom is 0.363 e. The van der Waals surface area contributed by atoms with E-state index in [-0.39, 0.29) is 23.0 Å². The van der Waals surface area contributed by atoms with Gasteiger partial charge in [-0.25, -0.2) is 9.79 Å². The van der Waals surface area contributed by atoms with Gasteiger partial charge in [-0.2, -0.15) is 0 Å². The molecule has 0 saturated carbocycles. The Morgan fingerprint density at radius 2 is 1.89 bits per heavy atom. The largest absolute Gasteiger partial charge is 0.490 e. The van der Waals surface area contributed by atoms with Crippen LogP contribution in [-0.2, 0) is 9.53 Å². The van der Waals surface area contributed by atoms with Crippen LogP contribution in [0.15, 0.2) is 53.2 Å². The number of rotatable bonds is 5. The van der Waals surface area contributed by atoms with Crippen LogP contribution in [-0.4, -0.2) is 38.0 Å². The van der Waals surface area contributed by atoms with Crippen LogP contribution in [0.4, 0.5) is 11.4 Å². The first-order valence-electron chi connectivity index (χ1n) is 8.02. The molecule has 0 atom stereocenters. The molecule has 1 aliphatic rings. The topological polar surface area (TPSA) is 94.3 Å². The second-order valence-electron chi connectivity index (χ2n) is 5.97. The Kier molecular flexibility index (Phi) is 4.89. The lowest BCUT2D eigenvalue weighted by molar-refractivity contribution is -0.385.